The van der Waals surface area contributed by atoms with Gasteiger partial charge >= 0.3 is 0 Å². The van der Waals surface area contributed by atoms with Crippen LogP contribution >= 0.6 is 0 Å². The van der Waals surface area contributed by atoms with E-state index in [2.05, 4.69) is 57.3 Å². The Bertz CT molecular complexity index is 558. The lowest BCUT2D eigenvalue weighted by Crippen LogP contribution is -2.21. The van der Waals surface area contributed by atoms with Crippen LogP contribution in [-0.4, -0.2) is 6.04 Å². The molecule has 0 amide bonds. The molecule has 2 nitrogen and oxygen atoms in total. The third kappa shape index (κ3) is 4.10. The van der Waals surface area contributed by atoms with E-state index >= 15 is 0 Å². The maximum Gasteiger partial charge on any atom is 0.127 e. The summed E-state index contributed by atoms with van der Waals surface area (Å²) in [4.78, 5) is 0. The largest absolute Gasteiger partial charge is 0.457 e. The molecule has 0 radical (unpaired) electrons. The predicted molar refractivity (Wildman–Crippen MR) is 84.4 cm³/mol. The van der Waals surface area contributed by atoms with E-state index in [0.29, 0.717) is 6.04 Å². The van der Waals surface area contributed by atoms with Gasteiger partial charge in [-0.05, 0) is 54.8 Å². The summed E-state index contributed by atoms with van der Waals surface area (Å²) in [7, 11) is 0. The molecule has 0 aliphatic heterocycles. The third-order valence-corrected chi connectivity index (χ3v) is 3.35. The first-order chi connectivity index (χ1) is 9.54. The highest BCUT2D eigenvalue weighted by Crippen LogP contribution is 2.23. The van der Waals surface area contributed by atoms with Crippen LogP contribution in [0.2, 0.25) is 0 Å². The summed E-state index contributed by atoms with van der Waals surface area (Å²) in [6.07, 6.45) is 0. The third-order valence-electron chi connectivity index (χ3n) is 3.35. The molecule has 0 aliphatic carbocycles. The summed E-state index contributed by atoms with van der Waals surface area (Å²) in [6, 6.07) is 14.9. The molecule has 1 N–H and O–H groups in total. The van der Waals surface area contributed by atoms with E-state index < -0.39 is 0 Å². The van der Waals surface area contributed by atoms with Crippen LogP contribution in [0.4, 0.5) is 0 Å². The first-order valence-corrected chi connectivity index (χ1v) is 7.12. The minimum atomic E-state index is 0.501. The Kier molecular flexibility index (Phi) is 4.80. The normalized spacial score (nSPS) is 10.8. The van der Waals surface area contributed by atoms with Crippen molar-refractivity contribution in [3.05, 3.63) is 59.2 Å². The second-order valence-electron chi connectivity index (χ2n) is 5.53. The van der Waals surface area contributed by atoms with Crippen molar-refractivity contribution in [2.45, 2.75) is 40.3 Å². The molecule has 0 unspecified atom stereocenters. The number of nitrogens with one attached hydrogen (secondary N) is 1. The summed E-state index contributed by atoms with van der Waals surface area (Å²) >= 11 is 0. The van der Waals surface area contributed by atoms with Gasteiger partial charge in [0.1, 0.15) is 11.5 Å². The van der Waals surface area contributed by atoms with Gasteiger partial charge < -0.3 is 10.1 Å². The second-order valence-corrected chi connectivity index (χ2v) is 5.53. The zero-order valence-corrected chi connectivity index (χ0v) is 12.7. The molecule has 20 heavy (non-hydrogen) atoms. The smallest absolute Gasteiger partial charge is 0.127 e. The minimum absolute atomic E-state index is 0.501. The van der Waals surface area contributed by atoms with Crippen molar-refractivity contribution in [1.29, 1.82) is 0 Å². The van der Waals surface area contributed by atoms with E-state index in [1.807, 2.05) is 18.2 Å². The maximum absolute atomic E-state index is 5.87. The van der Waals surface area contributed by atoms with Gasteiger partial charge in [-0.25, -0.2) is 0 Å². The molecule has 0 bridgehead atoms. The second kappa shape index (κ2) is 6.58. The molecule has 2 rings (SSSR count). The van der Waals surface area contributed by atoms with Gasteiger partial charge in [0.2, 0.25) is 0 Å². The van der Waals surface area contributed by atoms with E-state index in [-0.39, 0.29) is 0 Å². The van der Waals surface area contributed by atoms with Crippen molar-refractivity contribution < 1.29 is 4.74 Å². The summed E-state index contributed by atoms with van der Waals surface area (Å²) in [5, 5.41) is 3.40. The lowest BCUT2D eigenvalue weighted by Gasteiger charge is -2.10. The lowest BCUT2D eigenvalue weighted by atomic mass is 10.1. The first-order valence-electron chi connectivity index (χ1n) is 7.12. The molecule has 0 aliphatic rings. The number of rotatable bonds is 5. The van der Waals surface area contributed by atoms with Crippen LogP contribution in [0.25, 0.3) is 0 Å². The van der Waals surface area contributed by atoms with Gasteiger partial charge in [-0.2, -0.15) is 0 Å². The van der Waals surface area contributed by atoms with Crippen molar-refractivity contribution in [2.75, 3.05) is 0 Å². The highest BCUT2D eigenvalue weighted by Gasteiger charge is 2.01. The highest BCUT2D eigenvalue weighted by atomic mass is 16.5. The van der Waals surface area contributed by atoms with Crippen LogP contribution in [0.1, 0.15) is 30.5 Å². The molecule has 2 aromatic carbocycles. The van der Waals surface area contributed by atoms with Crippen LogP contribution in [0.15, 0.2) is 42.5 Å². The van der Waals surface area contributed by atoms with Crippen molar-refractivity contribution in [2.24, 2.45) is 0 Å². The standard InChI is InChI=1S/C18H23NO/c1-13(2)19-12-16-6-9-17(10-7-16)20-18-8-5-14(3)15(4)11-18/h5-11,13,19H,12H2,1-4H3. The van der Waals surface area contributed by atoms with E-state index in [4.69, 9.17) is 4.74 Å². The Hall–Kier alpha value is -1.80. The van der Waals surface area contributed by atoms with Gasteiger partial charge in [0.25, 0.3) is 0 Å². The molecule has 0 heterocycles. The van der Waals surface area contributed by atoms with Gasteiger partial charge in [-0.3, -0.25) is 0 Å². The number of hydrogen-bond donors (Lipinski definition) is 1. The van der Waals surface area contributed by atoms with E-state index in [1.165, 1.54) is 16.7 Å². The predicted octanol–water partition coefficient (Wildman–Crippen LogP) is 4.59. The fraction of sp³-hybridized carbons (Fsp3) is 0.333. The van der Waals surface area contributed by atoms with Crippen molar-refractivity contribution in [3.8, 4) is 11.5 Å². The fourth-order valence-corrected chi connectivity index (χ4v) is 1.91. The topological polar surface area (TPSA) is 21.3 Å². The van der Waals surface area contributed by atoms with Crippen molar-refractivity contribution >= 4 is 0 Å². The van der Waals surface area contributed by atoms with Crippen LogP contribution < -0.4 is 10.1 Å². The fourth-order valence-electron chi connectivity index (χ4n) is 1.91. The summed E-state index contributed by atoms with van der Waals surface area (Å²) < 4.78 is 5.87. The number of aryl methyl sites for hydroxylation is 2. The number of hydrogen-bond acceptors (Lipinski definition) is 2. The van der Waals surface area contributed by atoms with Crippen LogP contribution in [0.5, 0.6) is 11.5 Å². The zero-order chi connectivity index (χ0) is 14.5. The Morgan fingerprint density at radius 3 is 2.15 bits per heavy atom. The average molecular weight is 269 g/mol. The van der Waals surface area contributed by atoms with Crippen molar-refractivity contribution in [3.63, 3.8) is 0 Å². The van der Waals surface area contributed by atoms with Gasteiger partial charge in [-0.1, -0.05) is 32.0 Å². The minimum Gasteiger partial charge on any atom is -0.457 e. The average Bonchev–Trinajstić information content (AvgIpc) is 2.42. The monoisotopic (exact) mass is 269 g/mol. The Morgan fingerprint density at radius 2 is 1.55 bits per heavy atom. The molecule has 0 atom stereocenters. The summed E-state index contributed by atoms with van der Waals surface area (Å²) in [6.45, 7) is 9.40. The molecular formula is C18H23NO. The van der Waals surface area contributed by atoms with Crippen molar-refractivity contribution in [1.82, 2.24) is 5.32 Å². The van der Waals surface area contributed by atoms with Gasteiger partial charge in [0.15, 0.2) is 0 Å². The van der Waals surface area contributed by atoms with Gasteiger partial charge in [0.05, 0.1) is 0 Å². The Labute approximate surface area is 121 Å². The van der Waals surface area contributed by atoms with Gasteiger partial charge in [-0.15, -0.1) is 0 Å². The van der Waals surface area contributed by atoms with Gasteiger partial charge in [0, 0.05) is 12.6 Å². The number of benzene rings is 2. The Balaban J connectivity index is 2.01. The molecular weight excluding hydrogens is 246 g/mol. The van der Waals surface area contributed by atoms with Crippen LogP contribution in [-0.2, 0) is 6.54 Å². The van der Waals surface area contributed by atoms with E-state index in [0.717, 1.165) is 18.0 Å². The van der Waals surface area contributed by atoms with E-state index in [9.17, 15) is 0 Å². The Morgan fingerprint density at radius 1 is 0.900 bits per heavy atom. The quantitative estimate of drug-likeness (QED) is 0.857. The molecule has 106 valence electrons. The lowest BCUT2D eigenvalue weighted by molar-refractivity contribution is 0.481. The first kappa shape index (κ1) is 14.6. The SMILES string of the molecule is Cc1ccc(Oc2ccc(CNC(C)C)cc2)cc1C. The molecule has 0 spiro atoms. The molecule has 0 aromatic heterocycles. The molecule has 0 saturated heterocycles. The zero-order valence-electron chi connectivity index (χ0n) is 12.7. The summed E-state index contributed by atoms with van der Waals surface area (Å²) in [5.74, 6) is 1.77. The highest BCUT2D eigenvalue weighted by molar-refractivity contribution is 5.37. The summed E-state index contributed by atoms with van der Waals surface area (Å²) in [5.41, 5.74) is 3.80. The maximum atomic E-state index is 5.87. The molecule has 0 fully saturated rings. The number of ether oxygens (including phenoxy) is 1. The van der Waals surface area contributed by atoms with E-state index in [1.54, 1.807) is 0 Å². The molecule has 2 heteroatoms. The molecule has 2 aromatic rings. The van der Waals surface area contributed by atoms with Crippen LogP contribution in [0, 0.1) is 13.8 Å². The molecule has 0 saturated carbocycles. The van der Waals surface area contributed by atoms with Crippen LogP contribution in [0.3, 0.4) is 0 Å².